The Labute approximate surface area is 118 Å². The summed E-state index contributed by atoms with van der Waals surface area (Å²) in [4.78, 5) is 14.9. The summed E-state index contributed by atoms with van der Waals surface area (Å²) in [5.74, 6) is 2.20. The molecule has 0 atom stereocenters. The summed E-state index contributed by atoms with van der Waals surface area (Å²) in [6, 6.07) is 7.54. The fraction of sp³-hybridized carbons (Fsp3) is 0.357. The summed E-state index contributed by atoms with van der Waals surface area (Å²) in [5, 5.41) is 0. The van der Waals surface area contributed by atoms with Crippen molar-refractivity contribution in [2.75, 3.05) is 30.8 Å². The number of rotatable bonds is 5. The second-order valence-electron chi connectivity index (χ2n) is 4.22. The Morgan fingerprint density at radius 2 is 1.70 bits per heavy atom. The van der Waals surface area contributed by atoms with Crippen molar-refractivity contribution >= 4 is 11.9 Å². The van der Waals surface area contributed by atoms with Crippen LogP contribution in [-0.4, -0.2) is 35.2 Å². The Morgan fingerprint density at radius 1 is 1.05 bits per heavy atom. The molecule has 6 heteroatoms. The zero-order valence-corrected chi connectivity index (χ0v) is 12.0. The minimum Gasteiger partial charge on any atom is -0.497 e. The van der Waals surface area contributed by atoms with E-state index in [0.29, 0.717) is 11.8 Å². The number of hydrogen-bond donors (Lipinski definition) is 1. The van der Waals surface area contributed by atoms with E-state index in [9.17, 15) is 0 Å². The van der Waals surface area contributed by atoms with Crippen LogP contribution in [0.3, 0.4) is 0 Å². The molecule has 6 nitrogen and oxygen atoms in total. The molecule has 0 aliphatic heterocycles. The largest absolute Gasteiger partial charge is 0.497 e. The topological polar surface area (TPSA) is 77.2 Å². The predicted octanol–water partition coefficient (Wildman–Crippen LogP) is 1.98. The smallest absolute Gasteiger partial charge is 0.230 e. The Hall–Kier alpha value is -2.37. The van der Waals surface area contributed by atoms with E-state index in [1.165, 1.54) is 0 Å². The lowest BCUT2D eigenvalue weighted by atomic mass is 10.2. The van der Waals surface area contributed by atoms with Gasteiger partial charge < -0.3 is 15.4 Å². The number of aromatic nitrogens is 3. The second kappa shape index (κ2) is 6.18. The van der Waals surface area contributed by atoms with Crippen molar-refractivity contribution in [2.24, 2.45) is 0 Å². The Morgan fingerprint density at radius 3 is 2.25 bits per heavy atom. The fourth-order valence-electron chi connectivity index (χ4n) is 1.90. The van der Waals surface area contributed by atoms with Crippen LogP contribution in [0.5, 0.6) is 5.75 Å². The Kier molecular flexibility index (Phi) is 4.34. The highest BCUT2D eigenvalue weighted by Crippen LogP contribution is 2.21. The molecular formula is C14H19N5O. The highest BCUT2D eigenvalue weighted by atomic mass is 16.5. The number of nitrogens with zero attached hydrogens (tertiary/aromatic N) is 4. The summed E-state index contributed by atoms with van der Waals surface area (Å²) in [6.45, 7) is 5.75. The lowest BCUT2D eigenvalue weighted by Crippen LogP contribution is -2.25. The summed E-state index contributed by atoms with van der Waals surface area (Å²) < 4.78 is 5.14. The molecule has 0 saturated carbocycles. The van der Waals surface area contributed by atoms with Gasteiger partial charge in [0.15, 0.2) is 5.82 Å². The van der Waals surface area contributed by atoms with E-state index in [1.54, 1.807) is 7.11 Å². The van der Waals surface area contributed by atoms with Crippen LogP contribution in [0.4, 0.5) is 11.9 Å². The third kappa shape index (κ3) is 2.96. The molecule has 0 bridgehead atoms. The van der Waals surface area contributed by atoms with E-state index in [-0.39, 0.29) is 5.95 Å². The van der Waals surface area contributed by atoms with Crippen molar-refractivity contribution in [3.05, 3.63) is 24.3 Å². The van der Waals surface area contributed by atoms with E-state index in [0.717, 1.165) is 24.4 Å². The summed E-state index contributed by atoms with van der Waals surface area (Å²) >= 11 is 0. The summed E-state index contributed by atoms with van der Waals surface area (Å²) in [6.07, 6.45) is 0. The molecule has 1 aromatic heterocycles. The lowest BCUT2D eigenvalue weighted by Gasteiger charge is -2.18. The number of methoxy groups -OCH3 is 1. The van der Waals surface area contributed by atoms with E-state index in [1.807, 2.05) is 29.2 Å². The van der Waals surface area contributed by atoms with Crippen LogP contribution in [0.25, 0.3) is 11.4 Å². The molecule has 0 radical (unpaired) electrons. The van der Waals surface area contributed by atoms with E-state index < -0.39 is 0 Å². The average molecular weight is 273 g/mol. The van der Waals surface area contributed by atoms with Gasteiger partial charge >= 0.3 is 0 Å². The van der Waals surface area contributed by atoms with Crippen molar-refractivity contribution in [2.45, 2.75) is 13.8 Å². The van der Waals surface area contributed by atoms with Gasteiger partial charge in [-0.25, -0.2) is 0 Å². The molecule has 0 amide bonds. The van der Waals surface area contributed by atoms with Crippen molar-refractivity contribution in [3.63, 3.8) is 0 Å². The first-order valence-electron chi connectivity index (χ1n) is 6.58. The molecule has 0 spiro atoms. The molecule has 1 aromatic carbocycles. The minimum atomic E-state index is 0.229. The number of benzene rings is 1. The summed E-state index contributed by atoms with van der Waals surface area (Å²) in [5.41, 5.74) is 6.67. The van der Waals surface area contributed by atoms with E-state index in [4.69, 9.17) is 10.5 Å². The van der Waals surface area contributed by atoms with Crippen LogP contribution >= 0.6 is 0 Å². The number of hydrogen-bond acceptors (Lipinski definition) is 6. The molecule has 2 rings (SSSR count). The number of anilines is 2. The number of ether oxygens (including phenoxy) is 1. The fourth-order valence-corrected chi connectivity index (χ4v) is 1.90. The third-order valence-corrected chi connectivity index (χ3v) is 3.04. The molecule has 2 N–H and O–H groups in total. The zero-order chi connectivity index (χ0) is 14.5. The van der Waals surface area contributed by atoms with Crippen LogP contribution in [0.1, 0.15) is 13.8 Å². The highest BCUT2D eigenvalue weighted by molar-refractivity contribution is 5.58. The van der Waals surface area contributed by atoms with Gasteiger partial charge in [0.1, 0.15) is 5.75 Å². The maximum absolute atomic E-state index is 5.79. The monoisotopic (exact) mass is 273 g/mol. The molecule has 20 heavy (non-hydrogen) atoms. The Bertz CT molecular complexity index is 566. The van der Waals surface area contributed by atoms with Crippen LogP contribution in [0.2, 0.25) is 0 Å². The molecule has 106 valence electrons. The van der Waals surface area contributed by atoms with Gasteiger partial charge in [0.05, 0.1) is 7.11 Å². The Balaban J connectivity index is 2.40. The predicted molar refractivity (Wildman–Crippen MR) is 79.8 cm³/mol. The highest BCUT2D eigenvalue weighted by Gasteiger charge is 2.11. The van der Waals surface area contributed by atoms with Gasteiger partial charge in [-0.1, -0.05) is 0 Å². The standard InChI is InChI=1S/C14H19N5O/c1-4-19(5-2)14-17-12(16-13(15)18-14)10-6-8-11(20-3)9-7-10/h6-9H,4-5H2,1-3H3,(H2,15,16,17,18). The van der Waals surface area contributed by atoms with Crippen LogP contribution < -0.4 is 15.4 Å². The maximum atomic E-state index is 5.79. The molecule has 0 aliphatic rings. The molecule has 1 heterocycles. The van der Waals surface area contributed by atoms with Crippen molar-refractivity contribution in [3.8, 4) is 17.1 Å². The quantitative estimate of drug-likeness (QED) is 0.897. The van der Waals surface area contributed by atoms with Crippen LogP contribution in [0.15, 0.2) is 24.3 Å². The molecule has 0 aliphatic carbocycles. The van der Waals surface area contributed by atoms with Gasteiger partial charge in [-0.3, -0.25) is 0 Å². The van der Waals surface area contributed by atoms with Crippen LogP contribution in [0, 0.1) is 0 Å². The van der Waals surface area contributed by atoms with Crippen molar-refractivity contribution < 1.29 is 4.74 Å². The number of nitrogens with two attached hydrogens (primary N) is 1. The molecule has 0 unspecified atom stereocenters. The first-order chi connectivity index (χ1) is 9.67. The van der Waals surface area contributed by atoms with E-state index >= 15 is 0 Å². The maximum Gasteiger partial charge on any atom is 0.230 e. The minimum absolute atomic E-state index is 0.229. The van der Waals surface area contributed by atoms with Gasteiger partial charge in [0.2, 0.25) is 11.9 Å². The lowest BCUT2D eigenvalue weighted by molar-refractivity contribution is 0.415. The van der Waals surface area contributed by atoms with Gasteiger partial charge in [0, 0.05) is 18.7 Å². The van der Waals surface area contributed by atoms with Gasteiger partial charge in [-0.15, -0.1) is 0 Å². The van der Waals surface area contributed by atoms with Gasteiger partial charge in [-0.2, -0.15) is 15.0 Å². The zero-order valence-electron chi connectivity index (χ0n) is 12.0. The first-order valence-corrected chi connectivity index (χ1v) is 6.58. The third-order valence-electron chi connectivity index (χ3n) is 3.04. The SMILES string of the molecule is CCN(CC)c1nc(N)nc(-c2ccc(OC)cc2)n1. The second-order valence-corrected chi connectivity index (χ2v) is 4.22. The molecule has 2 aromatic rings. The summed E-state index contributed by atoms with van der Waals surface area (Å²) in [7, 11) is 1.63. The van der Waals surface area contributed by atoms with Gasteiger partial charge in [-0.05, 0) is 38.1 Å². The molecule has 0 saturated heterocycles. The molecule has 0 fully saturated rings. The molecular weight excluding hydrogens is 254 g/mol. The van der Waals surface area contributed by atoms with Crippen LogP contribution in [-0.2, 0) is 0 Å². The van der Waals surface area contributed by atoms with Crippen molar-refractivity contribution in [1.29, 1.82) is 0 Å². The van der Waals surface area contributed by atoms with Crippen molar-refractivity contribution in [1.82, 2.24) is 15.0 Å². The van der Waals surface area contributed by atoms with E-state index in [2.05, 4.69) is 28.8 Å². The number of nitrogen functional groups attached to an aromatic ring is 1. The van der Waals surface area contributed by atoms with Gasteiger partial charge in [0.25, 0.3) is 0 Å². The first kappa shape index (κ1) is 14.0. The normalized spacial score (nSPS) is 10.3. The average Bonchev–Trinajstić information content (AvgIpc) is 2.48.